The summed E-state index contributed by atoms with van der Waals surface area (Å²) in [6.45, 7) is 6.22. The largest absolute Gasteiger partial charge is 0.343 e. The average molecular weight is 1710 g/mol. The Morgan fingerprint density at radius 3 is 0.958 bits per heavy atom. The van der Waals surface area contributed by atoms with Crippen molar-refractivity contribution < 1.29 is 9.59 Å². The van der Waals surface area contributed by atoms with Gasteiger partial charge in [-0.3, -0.25) is 14.5 Å². The quantitative estimate of drug-likeness (QED) is 0.432. The molecule has 0 unspecified atom stereocenters. The van der Waals surface area contributed by atoms with Crippen molar-refractivity contribution >= 4 is 377 Å². The van der Waals surface area contributed by atoms with E-state index in [4.69, 9.17) is 45.6 Å². The summed E-state index contributed by atoms with van der Waals surface area (Å²) in [4.78, 5) is 30.8. The zero-order chi connectivity index (χ0) is 50.8. The van der Waals surface area contributed by atoms with E-state index in [1.807, 2.05) is 229 Å². The maximum Gasteiger partial charge on any atom is 0.222 e. The lowest BCUT2D eigenvalue weighted by Gasteiger charge is -2.40. The van der Waals surface area contributed by atoms with Crippen LogP contribution >= 0.6 is 23.2 Å². The minimum atomic E-state index is 0.0905. The number of nitrogens with zero attached hydrogens (tertiary/aromatic N) is 3. The molecule has 2 aromatic carbocycles. The van der Waals surface area contributed by atoms with Gasteiger partial charge in [0.05, 0.1) is 6.04 Å². The first kappa shape index (κ1) is 71.5. The summed E-state index contributed by atoms with van der Waals surface area (Å²) in [5.74, 6) is 0.749. The van der Waals surface area contributed by atoms with Crippen molar-refractivity contribution in [2.45, 2.75) is 32.2 Å². The van der Waals surface area contributed by atoms with E-state index in [2.05, 4.69) is 29.2 Å². The third-order valence-electron chi connectivity index (χ3n) is 7.90. The summed E-state index contributed by atoms with van der Waals surface area (Å²) in [7, 11) is 63.7. The fourth-order valence-electron chi connectivity index (χ4n) is 5.35. The first-order chi connectivity index (χ1) is 34.8. The van der Waals surface area contributed by atoms with Gasteiger partial charge in [-0.25, -0.2) is 0 Å². The van der Waals surface area contributed by atoms with Crippen LogP contribution in [-0.4, -0.2) is 65.8 Å². The van der Waals surface area contributed by atoms with Crippen LogP contribution in [0.1, 0.15) is 43.4 Å². The fourth-order valence-corrected chi connectivity index (χ4v) is 98.9. The summed E-state index contributed by atoms with van der Waals surface area (Å²) >= 11 is 21.9. The predicted molar refractivity (Wildman–Crippen MR) is 412 cm³/mol. The van der Waals surface area contributed by atoms with Gasteiger partial charge in [0.25, 0.3) is 0 Å². The van der Waals surface area contributed by atoms with Gasteiger partial charge in [-0.1, -0.05) is 47.5 Å². The first-order valence-electron chi connectivity index (χ1n) is 17.9. The Bertz CT molecular complexity index is 3680. The summed E-state index contributed by atoms with van der Waals surface area (Å²) in [5.41, 5.74) is 2.36. The third kappa shape index (κ3) is 38.0. The van der Waals surface area contributed by atoms with Crippen LogP contribution in [0.5, 0.6) is 0 Å². The van der Waals surface area contributed by atoms with E-state index in [0.717, 1.165) is 62.2 Å². The molecule has 5 nitrogen and oxygen atoms in total. The number of halogens is 2. The number of likely N-dealkylation sites (tertiary alicyclic amines) is 1. The molecule has 0 aromatic heterocycles. The van der Waals surface area contributed by atoms with Gasteiger partial charge in [-0.2, -0.15) is 0 Å². The Balaban J connectivity index is 0.000000378. The second-order valence-electron chi connectivity index (χ2n) is 11.5. The number of piperazine rings is 1. The summed E-state index contributed by atoms with van der Waals surface area (Å²) in [5, 5.41) is 1.44. The van der Waals surface area contributed by atoms with Crippen LogP contribution in [0.2, 0.25) is 10.0 Å². The average Bonchev–Trinajstić information content (AvgIpc) is 3.38. The van der Waals surface area contributed by atoms with E-state index in [0.29, 0.717) is 12.3 Å². The van der Waals surface area contributed by atoms with Gasteiger partial charge < -0.3 is 9.80 Å². The molecule has 2 aromatic rings. The minimum Gasteiger partial charge on any atom is -0.343 e. The number of piperidine rings is 1. The fraction of sp³-hybridized carbons (Fsp3) is 0.462. The molecule has 404 valence electrons. The van der Waals surface area contributed by atoms with Crippen molar-refractivity contribution in [3.8, 4) is 0 Å². The number of carbonyl (C=O) groups is 2. The van der Waals surface area contributed by atoms with Gasteiger partial charge in [0.15, 0.2) is 0 Å². The van der Waals surface area contributed by atoms with E-state index >= 15 is 0 Å². The van der Waals surface area contributed by atoms with Crippen molar-refractivity contribution in [3.63, 3.8) is 0 Å². The maximum absolute atomic E-state index is 13.0. The maximum atomic E-state index is 13.0. The molecule has 0 N–H and O–H groups in total. The van der Waals surface area contributed by atoms with E-state index in [9.17, 15) is 9.59 Å². The molecule has 0 aliphatic carbocycles. The Kier molecular flexibility index (Phi) is 51.2. The Labute approximate surface area is 536 Å². The molecule has 2 aliphatic rings. The van der Waals surface area contributed by atoms with Gasteiger partial charge in [-0.15, -0.1) is 0 Å². The smallest absolute Gasteiger partial charge is 0.222 e. The molecule has 0 atom stereocenters. The van der Waals surface area contributed by atoms with Gasteiger partial charge in [0.2, 0.25) is 11.8 Å². The van der Waals surface area contributed by atoms with Crippen molar-refractivity contribution in [2.24, 2.45) is 5.92 Å². The molecule has 2 fully saturated rings. The monoisotopic (exact) mass is 1700 g/mol. The van der Waals surface area contributed by atoms with Gasteiger partial charge >= 0.3 is 0 Å². The lowest BCUT2D eigenvalue weighted by Crippen LogP contribution is -2.50. The second-order valence-corrected chi connectivity index (χ2v) is 76.1. The summed E-state index contributed by atoms with van der Waals surface area (Å²) < 4.78 is 0. The van der Waals surface area contributed by atoms with Crippen LogP contribution in [0, 0.1) is 5.92 Å². The van der Waals surface area contributed by atoms with Crippen LogP contribution in [0.4, 0.5) is 0 Å². The van der Waals surface area contributed by atoms with E-state index < -0.39 is 0 Å². The van der Waals surface area contributed by atoms with E-state index in [1.54, 1.807) is 113 Å². The van der Waals surface area contributed by atoms with Crippen LogP contribution in [0.3, 0.4) is 0 Å². The molecule has 0 saturated carbocycles. The molecular formula is C26H31Cl2N3O2S38. The van der Waals surface area contributed by atoms with Crippen LogP contribution in [-0.2, 0) is 352 Å². The number of amides is 2. The van der Waals surface area contributed by atoms with Crippen molar-refractivity contribution in [3.05, 3.63) is 69.7 Å². The predicted octanol–water partition coefficient (Wildman–Crippen LogP) is 4.78. The molecule has 2 saturated heterocycles. The summed E-state index contributed by atoms with van der Waals surface area (Å²) in [6.07, 6.45) is 2.42. The van der Waals surface area contributed by atoms with Gasteiger partial charge in [-0.05, 0) is 54.2 Å². The Morgan fingerprint density at radius 1 is 0.437 bits per heavy atom. The highest BCUT2D eigenvalue weighted by Gasteiger charge is 2.30. The summed E-state index contributed by atoms with van der Waals surface area (Å²) in [6, 6.07) is 16.1. The number of benzene rings is 2. The van der Waals surface area contributed by atoms with Crippen molar-refractivity contribution in [1.82, 2.24) is 14.7 Å². The molecule has 71 heavy (non-hydrogen) atoms. The second kappa shape index (κ2) is 50.8. The number of rotatable bonds is 5. The van der Waals surface area contributed by atoms with Crippen LogP contribution in [0.25, 0.3) is 0 Å². The van der Waals surface area contributed by atoms with Gasteiger partial charge in [0.1, 0.15) is 0 Å². The molecule has 0 spiro atoms. The van der Waals surface area contributed by atoms with Crippen molar-refractivity contribution in [2.75, 3.05) is 39.3 Å². The molecule has 2 heterocycles. The Morgan fingerprint density at radius 2 is 0.704 bits per heavy atom. The Hall–Kier alpha value is 6.28. The molecular weight excluding hydrogens is 1680 g/mol. The lowest BCUT2D eigenvalue weighted by molar-refractivity contribution is -0.135. The zero-order valence-corrected chi connectivity index (χ0v) is 67.1. The van der Waals surface area contributed by atoms with Gasteiger partial charge in [0, 0.05) is 405 Å². The molecule has 4 rings (SSSR count). The highest BCUT2D eigenvalue weighted by Crippen LogP contribution is 2.31. The van der Waals surface area contributed by atoms with E-state index in [1.165, 1.54) is 28.9 Å². The van der Waals surface area contributed by atoms with Crippen LogP contribution in [0.15, 0.2) is 48.5 Å². The van der Waals surface area contributed by atoms with Crippen LogP contribution < -0.4 is 0 Å². The molecule has 0 bridgehead atoms. The number of hydrogen-bond donors (Lipinski definition) is 0. The number of hydrogen-bond acceptors (Lipinski definition) is 5. The van der Waals surface area contributed by atoms with Crippen molar-refractivity contribution in [1.29, 1.82) is 0 Å². The minimum absolute atomic E-state index is 0.0905. The molecule has 0 radical (unpaired) electrons. The first-order valence-corrected chi connectivity index (χ1v) is 67.9. The molecule has 2 amide bonds. The number of carbonyl (C=O) groups excluding carboxylic acids is 2. The van der Waals surface area contributed by atoms with E-state index in [-0.39, 0.29) is 17.9 Å². The molecule has 2 aliphatic heterocycles. The highest BCUT2D eigenvalue weighted by atomic mass is 35.5. The normalized spacial score (nSPS) is 12.5. The topological polar surface area (TPSA) is 43.9 Å². The third-order valence-corrected chi connectivity index (χ3v) is 86.2. The molecule has 45 heteroatoms. The SMILES string of the molecule is CC(=O)N1CCC(CC(=O)N2CCN(C(c3ccc(Cl)cc3)c3ccc(Cl)cc3)CC2)CC1.S=S=S=S=S=S=S=S=S=S=S=S=S=S=S=S=S=S=S=S=S=S=S=S=S=S=S=S=S=S=S=S=S=S=S=S=S=S. The standard InChI is InChI=1S/C26H31Cl2N3O2.S38/c1-19(32)29-12-10-20(11-13-29)18-25(33)30-14-16-31(17-15-30)26(21-2-6-23(27)7-3-21)22-4-8-24(28)9-5-22;1-3-5-7-9-11-13-15-17-19-21-23-25-27-29-31-33-35-37-38-36-34-32-30-28-26-24-22-20-18-16-14-12-10-8-6-4-2/h2-9,20,26H,10-18H2,1H3;. The highest BCUT2D eigenvalue weighted by molar-refractivity contribution is 8.81. The zero-order valence-electron chi connectivity index (χ0n) is 34.6. The lowest BCUT2D eigenvalue weighted by atomic mass is 9.92.